The molecule has 5 nitrogen and oxygen atoms in total. The van der Waals surface area contributed by atoms with Crippen LogP contribution in [0.1, 0.15) is 23.7 Å². The number of ether oxygens (including phenoxy) is 1. The Hall–Kier alpha value is -2.84. The van der Waals surface area contributed by atoms with Crippen LogP contribution < -0.4 is 5.84 Å². The number of rotatable bonds is 5. The van der Waals surface area contributed by atoms with Crippen LogP contribution in [0.15, 0.2) is 42.5 Å². The molecule has 5 heteroatoms. The Labute approximate surface area is 135 Å². The van der Waals surface area contributed by atoms with Crippen LogP contribution in [-0.4, -0.2) is 29.5 Å². The van der Waals surface area contributed by atoms with Crippen molar-refractivity contribution in [3.05, 3.63) is 48.0 Å². The first-order valence-electron chi connectivity index (χ1n) is 7.25. The van der Waals surface area contributed by atoms with Crippen molar-refractivity contribution in [2.75, 3.05) is 6.61 Å². The van der Waals surface area contributed by atoms with Gasteiger partial charge in [0.1, 0.15) is 0 Å². The van der Waals surface area contributed by atoms with Gasteiger partial charge in [0.15, 0.2) is 6.04 Å². The summed E-state index contributed by atoms with van der Waals surface area (Å²) in [5.41, 5.74) is 0.387. The highest BCUT2D eigenvalue weighted by molar-refractivity contribution is 6.00. The number of carbonyl (C=O) groups is 2. The van der Waals surface area contributed by atoms with Gasteiger partial charge >= 0.3 is 5.97 Å². The maximum atomic E-state index is 12.5. The molecule has 0 bridgehead atoms. The van der Waals surface area contributed by atoms with Gasteiger partial charge in [-0.25, -0.2) is 10.6 Å². The van der Waals surface area contributed by atoms with Gasteiger partial charge in [-0.15, -0.1) is 12.3 Å². The van der Waals surface area contributed by atoms with Crippen LogP contribution in [0.2, 0.25) is 0 Å². The second kappa shape index (κ2) is 7.43. The Morgan fingerprint density at radius 2 is 1.96 bits per heavy atom. The molecule has 0 fully saturated rings. The maximum Gasteiger partial charge on any atom is 0.331 e. The number of carbonyl (C=O) groups excluding carboxylic acids is 2. The van der Waals surface area contributed by atoms with Gasteiger partial charge < -0.3 is 4.74 Å². The zero-order chi connectivity index (χ0) is 16.8. The molecular formula is C18H18N2O3. The van der Waals surface area contributed by atoms with Gasteiger partial charge in [0.25, 0.3) is 5.91 Å². The fraction of sp³-hybridized carbons (Fsp3) is 0.222. The van der Waals surface area contributed by atoms with E-state index in [1.54, 1.807) is 19.1 Å². The molecule has 118 valence electrons. The second-order valence-corrected chi connectivity index (χ2v) is 4.95. The highest BCUT2D eigenvalue weighted by atomic mass is 16.5. The van der Waals surface area contributed by atoms with Crippen molar-refractivity contribution in [1.29, 1.82) is 0 Å². The molecule has 0 aliphatic rings. The predicted molar refractivity (Wildman–Crippen MR) is 88.2 cm³/mol. The molecule has 0 saturated heterocycles. The van der Waals surface area contributed by atoms with Crippen molar-refractivity contribution in [1.82, 2.24) is 5.01 Å². The summed E-state index contributed by atoms with van der Waals surface area (Å²) in [5.74, 6) is 7.10. The van der Waals surface area contributed by atoms with Crippen molar-refractivity contribution >= 4 is 22.6 Å². The van der Waals surface area contributed by atoms with Crippen LogP contribution in [-0.2, 0) is 9.53 Å². The smallest absolute Gasteiger partial charge is 0.331 e. The number of amides is 1. The van der Waals surface area contributed by atoms with E-state index in [-0.39, 0.29) is 13.0 Å². The lowest BCUT2D eigenvalue weighted by atomic mass is 10.1. The summed E-state index contributed by atoms with van der Waals surface area (Å²) in [5, 5.41) is 2.77. The first-order valence-corrected chi connectivity index (χ1v) is 7.25. The number of hydrogen-bond acceptors (Lipinski definition) is 4. The van der Waals surface area contributed by atoms with E-state index >= 15 is 0 Å². The molecule has 0 aliphatic carbocycles. The van der Waals surface area contributed by atoms with E-state index in [9.17, 15) is 9.59 Å². The van der Waals surface area contributed by atoms with Gasteiger partial charge in [-0.05, 0) is 29.8 Å². The molecule has 2 aromatic rings. The predicted octanol–water partition coefficient (Wildman–Crippen LogP) is 2.11. The summed E-state index contributed by atoms with van der Waals surface area (Å²) in [6.07, 6.45) is 5.26. The normalized spacial score (nSPS) is 11.5. The Morgan fingerprint density at radius 1 is 1.26 bits per heavy atom. The first kappa shape index (κ1) is 16.5. The number of fused-ring (bicyclic) bond motifs is 1. The maximum absolute atomic E-state index is 12.5. The zero-order valence-corrected chi connectivity index (χ0v) is 12.9. The SMILES string of the molecule is C#CCC(C(=O)OCC)N(N)C(=O)c1ccc2ccccc2c1. The van der Waals surface area contributed by atoms with Crippen molar-refractivity contribution in [3.8, 4) is 12.3 Å². The summed E-state index contributed by atoms with van der Waals surface area (Å²) in [6.45, 7) is 1.87. The molecule has 0 spiro atoms. The molecule has 0 radical (unpaired) electrons. The van der Waals surface area contributed by atoms with Crippen molar-refractivity contribution in [2.45, 2.75) is 19.4 Å². The van der Waals surface area contributed by atoms with Gasteiger partial charge in [-0.1, -0.05) is 30.3 Å². The van der Waals surface area contributed by atoms with Gasteiger partial charge in [0.2, 0.25) is 0 Å². The number of terminal acetylenes is 1. The van der Waals surface area contributed by atoms with E-state index in [4.69, 9.17) is 17.0 Å². The van der Waals surface area contributed by atoms with E-state index in [0.29, 0.717) is 5.56 Å². The lowest BCUT2D eigenvalue weighted by Crippen LogP contribution is -2.50. The van der Waals surface area contributed by atoms with Crippen LogP contribution in [0.3, 0.4) is 0 Å². The molecule has 2 aromatic carbocycles. The molecule has 0 aliphatic heterocycles. The molecular weight excluding hydrogens is 292 g/mol. The average Bonchev–Trinajstić information content (AvgIpc) is 2.58. The van der Waals surface area contributed by atoms with E-state index in [2.05, 4.69) is 5.92 Å². The third-order valence-electron chi connectivity index (χ3n) is 3.44. The van der Waals surface area contributed by atoms with Crippen LogP contribution >= 0.6 is 0 Å². The highest BCUT2D eigenvalue weighted by Crippen LogP contribution is 2.17. The topological polar surface area (TPSA) is 72.6 Å². The van der Waals surface area contributed by atoms with Gasteiger partial charge in [0, 0.05) is 12.0 Å². The lowest BCUT2D eigenvalue weighted by Gasteiger charge is -2.24. The van der Waals surface area contributed by atoms with Crippen LogP contribution in [0.4, 0.5) is 0 Å². The first-order chi connectivity index (χ1) is 11.1. The molecule has 1 atom stereocenters. The van der Waals surface area contributed by atoms with Crippen LogP contribution in [0.5, 0.6) is 0 Å². The Kier molecular flexibility index (Phi) is 5.34. The number of nitrogens with zero attached hydrogens (tertiary/aromatic N) is 1. The summed E-state index contributed by atoms with van der Waals surface area (Å²) < 4.78 is 4.93. The average molecular weight is 310 g/mol. The minimum atomic E-state index is -1.00. The minimum Gasteiger partial charge on any atom is -0.464 e. The van der Waals surface area contributed by atoms with Crippen molar-refractivity contribution < 1.29 is 14.3 Å². The number of esters is 1. The minimum absolute atomic E-state index is 0.00530. The fourth-order valence-electron chi connectivity index (χ4n) is 2.26. The Bertz CT molecular complexity index is 764. The van der Waals surface area contributed by atoms with E-state index in [0.717, 1.165) is 15.8 Å². The monoisotopic (exact) mass is 310 g/mol. The highest BCUT2D eigenvalue weighted by Gasteiger charge is 2.29. The zero-order valence-electron chi connectivity index (χ0n) is 12.9. The van der Waals surface area contributed by atoms with Gasteiger partial charge in [-0.2, -0.15) is 0 Å². The molecule has 0 aromatic heterocycles. The third-order valence-corrected chi connectivity index (χ3v) is 3.44. The Morgan fingerprint density at radius 3 is 2.61 bits per heavy atom. The number of hydrogen-bond donors (Lipinski definition) is 1. The quantitative estimate of drug-likeness (QED) is 0.302. The fourth-order valence-corrected chi connectivity index (χ4v) is 2.26. The molecule has 0 heterocycles. The summed E-state index contributed by atoms with van der Waals surface area (Å²) in [6, 6.07) is 11.9. The Balaban J connectivity index is 2.28. The molecule has 23 heavy (non-hydrogen) atoms. The third kappa shape index (κ3) is 3.68. The van der Waals surface area contributed by atoms with Crippen LogP contribution in [0, 0.1) is 12.3 Å². The largest absolute Gasteiger partial charge is 0.464 e. The van der Waals surface area contributed by atoms with E-state index in [1.165, 1.54) is 0 Å². The molecule has 2 N–H and O–H groups in total. The molecule has 0 saturated carbocycles. The number of nitrogens with two attached hydrogens (primary N) is 1. The van der Waals surface area contributed by atoms with Gasteiger partial charge in [0.05, 0.1) is 6.61 Å². The van der Waals surface area contributed by atoms with Crippen LogP contribution in [0.25, 0.3) is 10.8 Å². The standard InChI is InChI=1S/C18H18N2O3/c1-3-7-16(18(22)23-4-2)20(19)17(21)15-11-10-13-8-5-6-9-14(13)12-15/h1,5-6,8-12,16H,4,7,19H2,2H3. The number of hydrazine groups is 1. The van der Waals surface area contributed by atoms with Crippen molar-refractivity contribution in [2.24, 2.45) is 5.84 Å². The lowest BCUT2D eigenvalue weighted by molar-refractivity contribution is -0.148. The molecule has 2 rings (SSSR count). The van der Waals surface area contributed by atoms with E-state index < -0.39 is 17.9 Å². The summed E-state index contributed by atoms with van der Waals surface area (Å²) in [4.78, 5) is 24.5. The molecule has 1 amide bonds. The second-order valence-electron chi connectivity index (χ2n) is 4.95. The number of benzene rings is 2. The molecule has 1 unspecified atom stereocenters. The summed E-state index contributed by atoms with van der Waals surface area (Å²) >= 11 is 0. The van der Waals surface area contributed by atoms with Crippen molar-refractivity contribution in [3.63, 3.8) is 0 Å². The summed E-state index contributed by atoms with van der Waals surface area (Å²) in [7, 11) is 0. The van der Waals surface area contributed by atoms with Gasteiger partial charge in [-0.3, -0.25) is 9.80 Å². The van der Waals surface area contributed by atoms with E-state index in [1.807, 2.05) is 30.3 Å².